The molecule has 0 radical (unpaired) electrons. The van der Waals surface area contributed by atoms with Crippen LogP contribution in [0.4, 0.5) is 0 Å². The zero-order chi connectivity index (χ0) is 18.6. The van der Waals surface area contributed by atoms with Crippen LogP contribution in [0.3, 0.4) is 0 Å². The van der Waals surface area contributed by atoms with Crippen LogP contribution >= 0.6 is 0 Å². The molecule has 0 spiro atoms. The Balaban J connectivity index is 1.57. The Morgan fingerprint density at radius 1 is 1.00 bits per heavy atom. The molecule has 0 saturated carbocycles. The molecule has 138 valence electrons. The lowest BCUT2D eigenvalue weighted by Crippen LogP contribution is -2.49. The Labute approximate surface area is 157 Å². The SMILES string of the molecule is O=c1cccc2n1CC1CC2CN(S(=O)(=O)c2cccc3cnccc23)C1. The Hall–Kier alpha value is -2.51. The van der Waals surface area contributed by atoms with E-state index in [2.05, 4.69) is 4.98 Å². The van der Waals surface area contributed by atoms with Crippen LogP contribution in [0.5, 0.6) is 0 Å². The fourth-order valence-corrected chi connectivity index (χ4v) is 6.28. The van der Waals surface area contributed by atoms with Crippen LogP contribution in [0.15, 0.2) is 64.5 Å². The lowest BCUT2D eigenvalue weighted by Gasteiger charge is -2.42. The smallest absolute Gasteiger partial charge is 0.250 e. The van der Waals surface area contributed by atoms with Crippen LogP contribution in [0, 0.1) is 5.92 Å². The average molecular weight is 381 g/mol. The summed E-state index contributed by atoms with van der Waals surface area (Å²) in [5, 5.41) is 1.51. The molecule has 2 aliphatic heterocycles. The predicted octanol–water partition coefficient (Wildman–Crippen LogP) is 2.20. The number of aromatic nitrogens is 2. The third-order valence-corrected chi connectivity index (χ3v) is 7.59. The van der Waals surface area contributed by atoms with Crippen LogP contribution in [0.25, 0.3) is 10.8 Å². The van der Waals surface area contributed by atoms with Crippen molar-refractivity contribution in [2.45, 2.75) is 23.8 Å². The molecular formula is C20H19N3O3S. The van der Waals surface area contributed by atoms with Crippen molar-refractivity contribution in [3.8, 4) is 0 Å². The number of sulfonamides is 1. The topological polar surface area (TPSA) is 72.3 Å². The Morgan fingerprint density at radius 3 is 2.74 bits per heavy atom. The van der Waals surface area contributed by atoms with Gasteiger partial charge in [0.15, 0.2) is 0 Å². The van der Waals surface area contributed by atoms with Gasteiger partial charge in [-0.05, 0) is 30.5 Å². The van der Waals surface area contributed by atoms with Crippen molar-refractivity contribution in [3.63, 3.8) is 0 Å². The number of rotatable bonds is 2. The summed E-state index contributed by atoms with van der Waals surface area (Å²) in [6.45, 7) is 1.43. The van der Waals surface area contributed by atoms with Crippen molar-refractivity contribution >= 4 is 20.8 Å². The largest absolute Gasteiger partial charge is 0.312 e. The van der Waals surface area contributed by atoms with Crippen molar-refractivity contribution in [2.24, 2.45) is 5.92 Å². The predicted molar refractivity (Wildman–Crippen MR) is 102 cm³/mol. The molecule has 0 amide bonds. The highest BCUT2D eigenvalue weighted by molar-refractivity contribution is 7.89. The molecule has 1 aromatic carbocycles. The van der Waals surface area contributed by atoms with Crippen molar-refractivity contribution in [3.05, 3.63) is 70.9 Å². The number of benzene rings is 1. The standard InChI is InChI=1S/C20H19N3O3S/c24-20-6-2-4-18-16-9-14(12-23(18)20)11-22(13-16)27(25,26)19-5-1-3-15-10-21-8-7-17(15)19/h1-8,10,14,16H,9,11-13H2. The zero-order valence-corrected chi connectivity index (χ0v) is 15.5. The van der Waals surface area contributed by atoms with E-state index in [0.29, 0.717) is 29.9 Å². The Morgan fingerprint density at radius 2 is 1.85 bits per heavy atom. The van der Waals surface area contributed by atoms with Crippen LogP contribution in [-0.4, -0.2) is 35.4 Å². The van der Waals surface area contributed by atoms with Gasteiger partial charge in [-0.2, -0.15) is 4.31 Å². The third-order valence-electron chi connectivity index (χ3n) is 5.70. The maximum Gasteiger partial charge on any atom is 0.250 e. The number of pyridine rings is 2. The Kier molecular flexibility index (Phi) is 3.70. The first-order valence-corrected chi connectivity index (χ1v) is 10.5. The molecule has 0 aliphatic carbocycles. The fraction of sp³-hybridized carbons (Fsp3) is 0.300. The van der Waals surface area contributed by atoms with E-state index in [1.54, 1.807) is 47.0 Å². The van der Waals surface area contributed by atoms with Crippen molar-refractivity contribution in [1.82, 2.24) is 13.9 Å². The van der Waals surface area contributed by atoms with E-state index < -0.39 is 10.0 Å². The molecule has 6 nitrogen and oxygen atoms in total. The summed E-state index contributed by atoms with van der Waals surface area (Å²) in [5.41, 5.74) is 0.945. The van der Waals surface area contributed by atoms with Gasteiger partial charge < -0.3 is 4.57 Å². The van der Waals surface area contributed by atoms with Gasteiger partial charge in [-0.25, -0.2) is 8.42 Å². The summed E-state index contributed by atoms with van der Waals surface area (Å²) < 4.78 is 30.3. The minimum absolute atomic E-state index is 0.0000561. The highest BCUT2D eigenvalue weighted by atomic mass is 32.2. The molecule has 2 aliphatic rings. The number of nitrogens with zero attached hydrogens (tertiary/aromatic N) is 3. The average Bonchev–Trinajstić information content (AvgIpc) is 2.68. The second-order valence-corrected chi connectivity index (χ2v) is 9.28. The number of piperidine rings is 1. The van der Waals surface area contributed by atoms with Gasteiger partial charge in [-0.15, -0.1) is 0 Å². The summed E-state index contributed by atoms with van der Waals surface area (Å²) in [7, 11) is -3.63. The van der Waals surface area contributed by atoms with E-state index in [1.165, 1.54) is 0 Å². The Bertz CT molecular complexity index is 1200. The molecule has 5 rings (SSSR count). The maximum absolute atomic E-state index is 13.4. The van der Waals surface area contributed by atoms with Crippen molar-refractivity contribution in [1.29, 1.82) is 0 Å². The van der Waals surface area contributed by atoms with Gasteiger partial charge >= 0.3 is 0 Å². The second kappa shape index (κ2) is 6.00. The first-order valence-electron chi connectivity index (χ1n) is 9.07. The fourth-order valence-electron chi connectivity index (χ4n) is 4.51. The monoisotopic (exact) mass is 381 g/mol. The molecule has 7 heteroatoms. The van der Waals surface area contributed by atoms with Crippen LogP contribution in [-0.2, 0) is 16.6 Å². The highest BCUT2D eigenvalue weighted by Crippen LogP contribution is 2.37. The molecular weight excluding hydrogens is 362 g/mol. The van der Waals surface area contributed by atoms with Gasteiger partial charge in [0, 0.05) is 60.5 Å². The summed E-state index contributed by atoms with van der Waals surface area (Å²) in [6, 6.07) is 12.3. The summed E-state index contributed by atoms with van der Waals surface area (Å²) in [6.07, 6.45) is 4.23. The van der Waals surface area contributed by atoms with E-state index in [9.17, 15) is 13.2 Å². The summed E-state index contributed by atoms with van der Waals surface area (Å²) in [5.74, 6) is 0.209. The zero-order valence-electron chi connectivity index (χ0n) is 14.7. The van der Waals surface area contributed by atoms with Gasteiger partial charge in [-0.3, -0.25) is 9.78 Å². The van der Waals surface area contributed by atoms with E-state index in [1.807, 2.05) is 16.7 Å². The first kappa shape index (κ1) is 16.6. The van der Waals surface area contributed by atoms with E-state index >= 15 is 0 Å². The number of hydrogen-bond acceptors (Lipinski definition) is 4. The number of hydrogen-bond donors (Lipinski definition) is 0. The van der Waals surface area contributed by atoms with E-state index in [4.69, 9.17) is 0 Å². The van der Waals surface area contributed by atoms with Crippen molar-refractivity contribution in [2.75, 3.05) is 13.1 Å². The van der Waals surface area contributed by atoms with Gasteiger partial charge in [-0.1, -0.05) is 18.2 Å². The molecule has 2 bridgehead atoms. The van der Waals surface area contributed by atoms with E-state index in [-0.39, 0.29) is 17.4 Å². The van der Waals surface area contributed by atoms with Crippen LogP contribution in [0.2, 0.25) is 0 Å². The lowest BCUT2D eigenvalue weighted by molar-refractivity contribution is 0.186. The molecule has 27 heavy (non-hydrogen) atoms. The van der Waals surface area contributed by atoms with E-state index in [0.717, 1.165) is 17.5 Å². The first-order chi connectivity index (χ1) is 13.0. The lowest BCUT2D eigenvalue weighted by atomic mass is 9.84. The summed E-state index contributed by atoms with van der Waals surface area (Å²) in [4.78, 5) is 16.6. The quantitative estimate of drug-likeness (QED) is 0.682. The molecule has 1 fully saturated rings. The summed E-state index contributed by atoms with van der Waals surface area (Å²) >= 11 is 0. The molecule has 0 N–H and O–H groups in total. The molecule has 1 saturated heterocycles. The van der Waals surface area contributed by atoms with Gasteiger partial charge in [0.2, 0.25) is 10.0 Å². The molecule has 2 aromatic heterocycles. The number of fused-ring (bicyclic) bond motifs is 5. The highest BCUT2D eigenvalue weighted by Gasteiger charge is 2.39. The third kappa shape index (κ3) is 2.61. The van der Waals surface area contributed by atoms with Gasteiger partial charge in [0.1, 0.15) is 0 Å². The van der Waals surface area contributed by atoms with Gasteiger partial charge in [0.25, 0.3) is 5.56 Å². The van der Waals surface area contributed by atoms with Crippen LogP contribution < -0.4 is 5.56 Å². The molecule has 2 unspecified atom stereocenters. The van der Waals surface area contributed by atoms with Crippen LogP contribution in [0.1, 0.15) is 18.0 Å². The molecule has 3 aromatic rings. The normalized spacial score (nSPS) is 22.5. The second-order valence-electron chi connectivity index (χ2n) is 7.37. The minimum Gasteiger partial charge on any atom is -0.312 e. The molecule has 4 heterocycles. The van der Waals surface area contributed by atoms with Gasteiger partial charge in [0.05, 0.1) is 4.90 Å². The minimum atomic E-state index is -3.63. The maximum atomic E-state index is 13.4. The van der Waals surface area contributed by atoms with Crippen molar-refractivity contribution < 1.29 is 8.42 Å². The molecule has 2 atom stereocenters.